The second-order valence-corrected chi connectivity index (χ2v) is 9.34. The van der Waals surface area contributed by atoms with Crippen LogP contribution >= 0.6 is 39.1 Å². The highest BCUT2D eigenvalue weighted by atomic mass is 79.9. The molecule has 0 saturated heterocycles. The van der Waals surface area contributed by atoms with Crippen LogP contribution in [0.15, 0.2) is 46.9 Å². The van der Waals surface area contributed by atoms with Gasteiger partial charge in [-0.25, -0.2) is 0 Å². The highest BCUT2D eigenvalue weighted by Crippen LogP contribution is 2.35. The number of ether oxygens (including phenoxy) is 1. The van der Waals surface area contributed by atoms with Crippen LogP contribution < -0.4 is 10.1 Å². The first-order valence-corrected chi connectivity index (χ1v) is 11.7. The summed E-state index contributed by atoms with van der Waals surface area (Å²) in [6, 6.07) is 10.7. The number of halogens is 5. The van der Waals surface area contributed by atoms with Gasteiger partial charge in [-0.2, -0.15) is 13.9 Å². The zero-order chi connectivity index (χ0) is 23.6. The van der Waals surface area contributed by atoms with Gasteiger partial charge in [0.05, 0.1) is 17.3 Å². The maximum atomic E-state index is 14.9. The predicted molar refractivity (Wildman–Crippen MR) is 126 cm³/mol. The molecule has 0 aliphatic heterocycles. The fourth-order valence-corrected chi connectivity index (χ4v) is 4.65. The quantitative estimate of drug-likeness (QED) is 0.365. The SMILES string of the molecule is O=C(NCC(F)(F)c1ccc(Br)cc1Cl)c1c(Oc2cccc(Cl)c2)nnc2c1CCCC2. The number of hydrogen-bond donors (Lipinski definition) is 1. The van der Waals surface area contributed by atoms with Crippen molar-refractivity contribution >= 4 is 45.0 Å². The summed E-state index contributed by atoms with van der Waals surface area (Å²) in [5.74, 6) is -3.80. The summed E-state index contributed by atoms with van der Waals surface area (Å²) in [7, 11) is 0. The third-order valence-corrected chi connectivity index (χ3v) is 6.29. The molecule has 5 nitrogen and oxygen atoms in total. The van der Waals surface area contributed by atoms with Gasteiger partial charge in [0.2, 0.25) is 0 Å². The first-order valence-electron chi connectivity index (χ1n) is 10.2. The maximum absolute atomic E-state index is 14.9. The van der Waals surface area contributed by atoms with Crippen molar-refractivity contribution in [3.8, 4) is 11.6 Å². The third kappa shape index (κ3) is 5.45. The van der Waals surface area contributed by atoms with Gasteiger partial charge < -0.3 is 10.1 Å². The Morgan fingerprint density at radius 2 is 1.91 bits per heavy atom. The minimum absolute atomic E-state index is 0.0552. The molecule has 172 valence electrons. The molecule has 4 rings (SSSR count). The summed E-state index contributed by atoms with van der Waals surface area (Å²) in [5, 5.41) is 10.9. The van der Waals surface area contributed by atoms with Crippen LogP contribution in [0.2, 0.25) is 10.0 Å². The molecule has 2 aromatic carbocycles. The van der Waals surface area contributed by atoms with E-state index in [1.807, 2.05) is 0 Å². The van der Waals surface area contributed by atoms with Crippen molar-refractivity contribution in [1.82, 2.24) is 15.5 Å². The molecule has 0 bridgehead atoms. The maximum Gasteiger partial charge on any atom is 0.291 e. The van der Waals surface area contributed by atoms with Crippen LogP contribution in [0, 0.1) is 0 Å². The number of carbonyl (C=O) groups excluding carboxylic acids is 1. The average molecular weight is 557 g/mol. The molecule has 0 radical (unpaired) electrons. The number of nitrogens with one attached hydrogen (secondary N) is 1. The molecule has 10 heteroatoms. The van der Waals surface area contributed by atoms with Crippen LogP contribution in [0.1, 0.15) is 40.0 Å². The fourth-order valence-electron chi connectivity index (χ4n) is 3.66. The van der Waals surface area contributed by atoms with E-state index in [2.05, 4.69) is 31.4 Å². The lowest BCUT2D eigenvalue weighted by molar-refractivity contribution is -0.00242. The summed E-state index contributed by atoms with van der Waals surface area (Å²) < 4.78 is 36.1. The van der Waals surface area contributed by atoms with Crippen molar-refractivity contribution in [2.45, 2.75) is 31.6 Å². The predicted octanol–water partition coefficient (Wildman–Crippen LogP) is 6.74. The minimum atomic E-state index is -3.39. The lowest BCUT2D eigenvalue weighted by atomic mass is 9.92. The van der Waals surface area contributed by atoms with Crippen molar-refractivity contribution in [3.05, 3.63) is 79.4 Å². The molecule has 1 N–H and O–H groups in total. The highest BCUT2D eigenvalue weighted by molar-refractivity contribution is 9.10. The van der Waals surface area contributed by atoms with Crippen molar-refractivity contribution in [2.24, 2.45) is 0 Å². The number of carbonyl (C=O) groups is 1. The van der Waals surface area contributed by atoms with Gasteiger partial charge in [0.25, 0.3) is 17.7 Å². The van der Waals surface area contributed by atoms with Gasteiger partial charge in [0.1, 0.15) is 11.3 Å². The molecule has 1 aromatic heterocycles. The normalized spacial score (nSPS) is 13.4. The molecule has 0 atom stereocenters. The summed E-state index contributed by atoms with van der Waals surface area (Å²) in [6.07, 6.45) is 3.00. The van der Waals surface area contributed by atoms with Gasteiger partial charge in [0.15, 0.2) is 0 Å². The van der Waals surface area contributed by atoms with Gasteiger partial charge in [-0.05, 0) is 61.6 Å². The van der Waals surface area contributed by atoms with Crippen LogP contribution in [0.25, 0.3) is 0 Å². The summed E-state index contributed by atoms with van der Waals surface area (Å²) in [4.78, 5) is 13.2. The van der Waals surface area contributed by atoms with Crippen LogP contribution in [-0.4, -0.2) is 22.6 Å². The van der Waals surface area contributed by atoms with Crippen molar-refractivity contribution in [2.75, 3.05) is 6.54 Å². The number of nitrogens with zero attached hydrogens (tertiary/aromatic N) is 2. The highest BCUT2D eigenvalue weighted by Gasteiger charge is 2.35. The van der Waals surface area contributed by atoms with E-state index in [4.69, 9.17) is 27.9 Å². The van der Waals surface area contributed by atoms with E-state index in [1.165, 1.54) is 18.2 Å². The van der Waals surface area contributed by atoms with Crippen molar-refractivity contribution in [1.29, 1.82) is 0 Å². The minimum Gasteiger partial charge on any atom is -0.437 e. The molecular formula is C23H18BrCl2F2N3O2. The second-order valence-electron chi connectivity index (χ2n) is 7.58. The van der Waals surface area contributed by atoms with Crippen LogP contribution in [0.4, 0.5) is 8.78 Å². The van der Waals surface area contributed by atoms with Gasteiger partial charge in [-0.15, -0.1) is 5.10 Å². The smallest absolute Gasteiger partial charge is 0.291 e. The number of aromatic nitrogens is 2. The molecular weight excluding hydrogens is 539 g/mol. The molecule has 1 heterocycles. The molecule has 0 fully saturated rings. The van der Waals surface area contributed by atoms with E-state index < -0.39 is 18.4 Å². The number of rotatable bonds is 6. The Labute approximate surface area is 207 Å². The number of aryl methyl sites for hydroxylation is 1. The van der Waals surface area contributed by atoms with E-state index in [0.29, 0.717) is 39.3 Å². The van der Waals surface area contributed by atoms with Gasteiger partial charge in [0, 0.05) is 15.1 Å². The average Bonchev–Trinajstić information content (AvgIpc) is 2.77. The Bertz CT molecular complexity index is 1210. The summed E-state index contributed by atoms with van der Waals surface area (Å²) in [5.41, 5.74) is 1.07. The first kappa shape index (κ1) is 23.9. The zero-order valence-electron chi connectivity index (χ0n) is 17.2. The fraction of sp³-hybridized carbons (Fsp3) is 0.261. The first-order chi connectivity index (χ1) is 15.7. The van der Waals surface area contributed by atoms with E-state index >= 15 is 0 Å². The van der Waals surface area contributed by atoms with Crippen LogP contribution in [0.3, 0.4) is 0 Å². The van der Waals surface area contributed by atoms with Gasteiger partial charge in [-0.3, -0.25) is 4.79 Å². The molecule has 33 heavy (non-hydrogen) atoms. The topological polar surface area (TPSA) is 64.1 Å². The van der Waals surface area contributed by atoms with Crippen LogP contribution in [0.5, 0.6) is 11.6 Å². The molecule has 1 amide bonds. The van der Waals surface area contributed by atoms with E-state index in [9.17, 15) is 13.6 Å². The second kappa shape index (κ2) is 9.91. The summed E-state index contributed by atoms with van der Waals surface area (Å²) >= 11 is 15.2. The van der Waals surface area contributed by atoms with Crippen LogP contribution in [-0.2, 0) is 18.8 Å². The number of amides is 1. The molecule has 1 aliphatic carbocycles. The molecule has 0 spiro atoms. The number of hydrogen-bond acceptors (Lipinski definition) is 4. The van der Waals surface area contributed by atoms with Gasteiger partial charge in [-0.1, -0.05) is 51.3 Å². The van der Waals surface area contributed by atoms with Crippen molar-refractivity contribution in [3.63, 3.8) is 0 Å². The Morgan fingerprint density at radius 3 is 2.67 bits per heavy atom. The summed E-state index contributed by atoms with van der Waals surface area (Å²) in [6.45, 7) is -0.944. The zero-order valence-corrected chi connectivity index (χ0v) is 20.3. The molecule has 1 aliphatic rings. The van der Waals surface area contributed by atoms with Crippen molar-refractivity contribution < 1.29 is 18.3 Å². The van der Waals surface area contributed by atoms with E-state index in [1.54, 1.807) is 24.3 Å². The Hall–Kier alpha value is -2.29. The lowest BCUT2D eigenvalue weighted by Crippen LogP contribution is -2.36. The number of fused-ring (bicyclic) bond motifs is 1. The number of benzene rings is 2. The standard InChI is InChI=1S/C23H18BrCl2F2N3O2/c24-13-8-9-17(18(26)10-13)23(27,28)12-29-21(32)20-16-6-1-2-7-19(16)30-31-22(20)33-15-5-3-4-14(25)11-15/h3-5,8-11H,1-2,6-7,12H2,(H,29,32). The molecule has 0 unspecified atom stereocenters. The molecule has 0 saturated carbocycles. The van der Waals surface area contributed by atoms with E-state index in [0.717, 1.165) is 12.8 Å². The van der Waals surface area contributed by atoms with Gasteiger partial charge >= 0.3 is 0 Å². The Balaban J connectivity index is 1.63. The monoisotopic (exact) mass is 555 g/mol. The Morgan fingerprint density at radius 1 is 1.12 bits per heavy atom. The lowest BCUT2D eigenvalue weighted by Gasteiger charge is -2.22. The largest absolute Gasteiger partial charge is 0.437 e. The Kier molecular flexibility index (Phi) is 7.16. The van der Waals surface area contributed by atoms with E-state index in [-0.39, 0.29) is 22.0 Å². The molecule has 3 aromatic rings. The third-order valence-electron chi connectivity index (χ3n) is 5.25. The number of alkyl halides is 2.